The number of thiazole rings is 1. The molecule has 0 aliphatic rings. The van der Waals surface area contributed by atoms with Crippen LogP contribution in [-0.4, -0.2) is 34.5 Å². The second kappa shape index (κ2) is 8.38. The molecule has 0 saturated carbocycles. The Labute approximate surface area is 147 Å². The molecular formula is C14H22IN5S. The molecule has 5 nitrogen and oxygen atoms in total. The molecule has 2 heterocycles. The van der Waals surface area contributed by atoms with Crippen LogP contribution in [0.2, 0.25) is 0 Å². The van der Waals surface area contributed by atoms with Crippen molar-refractivity contribution >= 4 is 41.3 Å². The van der Waals surface area contributed by atoms with Crippen LogP contribution >= 0.6 is 35.3 Å². The Bertz CT molecular complexity index is 590. The van der Waals surface area contributed by atoms with E-state index in [9.17, 15) is 0 Å². The number of aliphatic imine (C=N–C) groups is 1. The third-order valence-electron chi connectivity index (χ3n) is 3.09. The molecule has 0 aliphatic heterocycles. The van der Waals surface area contributed by atoms with Gasteiger partial charge in [-0.1, -0.05) is 0 Å². The highest BCUT2D eigenvalue weighted by Gasteiger charge is 2.09. The van der Waals surface area contributed by atoms with E-state index in [0.29, 0.717) is 6.54 Å². The fourth-order valence-corrected chi connectivity index (χ4v) is 2.71. The maximum atomic E-state index is 4.44. The average Bonchev–Trinajstić information content (AvgIpc) is 3.00. The van der Waals surface area contributed by atoms with Crippen molar-refractivity contribution in [3.63, 3.8) is 0 Å². The molecule has 0 spiro atoms. The number of hydrogen-bond acceptors (Lipinski definition) is 3. The molecule has 0 aromatic carbocycles. The van der Waals surface area contributed by atoms with Crippen LogP contribution in [0.5, 0.6) is 0 Å². The number of aryl methyl sites for hydroxylation is 2. The van der Waals surface area contributed by atoms with Gasteiger partial charge in [0.15, 0.2) is 5.96 Å². The topological polar surface area (TPSA) is 45.5 Å². The van der Waals surface area contributed by atoms with Crippen LogP contribution < -0.4 is 5.32 Å². The van der Waals surface area contributed by atoms with Crippen LogP contribution in [0, 0.1) is 6.92 Å². The summed E-state index contributed by atoms with van der Waals surface area (Å²) in [6.07, 6.45) is 2.05. The van der Waals surface area contributed by atoms with Crippen LogP contribution in [0.3, 0.4) is 0 Å². The predicted octanol–water partition coefficient (Wildman–Crippen LogP) is 2.62. The van der Waals surface area contributed by atoms with Gasteiger partial charge in [-0.25, -0.2) is 4.98 Å². The fraction of sp³-hybridized carbons (Fsp3) is 0.429. The van der Waals surface area contributed by atoms with E-state index in [1.165, 1.54) is 5.69 Å². The smallest absolute Gasteiger partial charge is 0.194 e. The Morgan fingerprint density at radius 2 is 2.29 bits per heavy atom. The summed E-state index contributed by atoms with van der Waals surface area (Å²) in [6, 6.07) is 4.17. The maximum Gasteiger partial charge on any atom is 0.194 e. The van der Waals surface area contributed by atoms with Gasteiger partial charge in [-0.2, -0.15) is 0 Å². The zero-order valence-corrected chi connectivity index (χ0v) is 16.0. The van der Waals surface area contributed by atoms with Crippen LogP contribution in [0.25, 0.3) is 0 Å². The van der Waals surface area contributed by atoms with Crippen molar-refractivity contribution in [1.82, 2.24) is 19.8 Å². The first kappa shape index (κ1) is 18.0. The van der Waals surface area contributed by atoms with E-state index in [1.807, 2.05) is 14.0 Å². The van der Waals surface area contributed by atoms with Crippen molar-refractivity contribution in [2.45, 2.75) is 20.0 Å². The van der Waals surface area contributed by atoms with Crippen molar-refractivity contribution in [3.05, 3.63) is 40.1 Å². The van der Waals surface area contributed by atoms with E-state index < -0.39 is 0 Å². The molecule has 0 unspecified atom stereocenters. The molecular weight excluding hydrogens is 397 g/mol. The second-order valence-corrected chi connectivity index (χ2v) is 5.69. The van der Waals surface area contributed by atoms with Gasteiger partial charge in [-0.15, -0.1) is 35.3 Å². The van der Waals surface area contributed by atoms with Gasteiger partial charge in [-0.05, 0) is 19.1 Å². The largest absolute Gasteiger partial charge is 0.353 e. The summed E-state index contributed by atoms with van der Waals surface area (Å²) < 4.78 is 2.12. The van der Waals surface area contributed by atoms with Gasteiger partial charge in [0.2, 0.25) is 0 Å². The number of aromatic nitrogens is 2. The lowest BCUT2D eigenvalue weighted by Crippen LogP contribution is -2.38. The fourth-order valence-electron chi connectivity index (χ4n) is 2.00. The van der Waals surface area contributed by atoms with E-state index in [-0.39, 0.29) is 24.0 Å². The Kier molecular flexibility index (Phi) is 7.16. The van der Waals surface area contributed by atoms with Gasteiger partial charge >= 0.3 is 0 Å². The quantitative estimate of drug-likeness (QED) is 0.471. The van der Waals surface area contributed by atoms with E-state index in [4.69, 9.17) is 0 Å². The Hall–Kier alpha value is -1.09. The van der Waals surface area contributed by atoms with Crippen molar-refractivity contribution in [2.24, 2.45) is 12.0 Å². The summed E-state index contributed by atoms with van der Waals surface area (Å²) in [4.78, 5) is 10.9. The normalized spacial score (nSPS) is 11.1. The standard InChI is InChI=1S/C14H21N5S.HI/c1-11-10-20-13(17-11)8-16-14(15-2)19(4)9-12-6-5-7-18(12)3;/h5-7,10H,8-9H2,1-4H3,(H,15,16);1H. The lowest BCUT2D eigenvalue weighted by Gasteiger charge is -2.22. The summed E-state index contributed by atoms with van der Waals surface area (Å²) in [5.41, 5.74) is 2.32. The van der Waals surface area contributed by atoms with Gasteiger partial charge in [0.1, 0.15) is 5.01 Å². The maximum absolute atomic E-state index is 4.44. The van der Waals surface area contributed by atoms with Crippen LogP contribution in [0.15, 0.2) is 28.7 Å². The summed E-state index contributed by atoms with van der Waals surface area (Å²) >= 11 is 1.67. The molecule has 2 aromatic rings. The van der Waals surface area contributed by atoms with Crippen LogP contribution in [-0.2, 0) is 20.1 Å². The zero-order valence-electron chi connectivity index (χ0n) is 12.8. The summed E-state index contributed by atoms with van der Waals surface area (Å²) in [7, 11) is 5.89. The molecule has 7 heteroatoms. The molecule has 21 heavy (non-hydrogen) atoms. The second-order valence-electron chi connectivity index (χ2n) is 4.75. The molecule has 0 aliphatic carbocycles. The number of rotatable bonds is 4. The highest BCUT2D eigenvalue weighted by atomic mass is 127. The predicted molar refractivity (Wildman–Crippen MR) is 99.3 cm³/mol. The molecule has 0 amide bonds. The Balaban J connectivity index is 0.00000220. The summed E-state index contributed by atoms with van der Waals surface area (Å²) in [6.45, 7) is 3.54. The lowest BCUT2D eigenvalue weighted by molar-refractivity contribution is 0.461. The molecule has 0 atom stereocenters. The molecule has 116 valence electrons. The highest BCUT2D eigenvalue weighted by Crippen LogP contribution is 2.08. The van der Waals surface area contributed by atoms with Gasteiger partial charge in [0.05, 0.1) is 13.1 Å². The number of halogens is 1. The van der Waals surface area contributed by atoms with Gasteiger partial charge < -0.3 is 14.8 Å². The molecule has 0 bridgehead atoms. The molecule has 0 radical (unpaired) electrons. The number of guanidine groups is 1. The van der Waals surface area contributed by atoms with Crippen molar-refractivity contribution < 1.29 is 0 Å². The van der Waals surface area contributed by atoms with Gasteiger partial charge in [0, 0.05) is 44.1 Å². The number of hydrogen-bond donors (Lipinski definition) is 1. The molecule has 0 saturated heterocycles. The SMILES string of the molecule is CN=C(NCc1nc(C)cs1)N(C)Cc1cccn1C.I. The summed E-state index contributed by atoms with van der Waals surface area (Å²) in [5.74, 6) is 0.874. The summed E-state index contributed by atoms with van der Waals surface area (Å²) in [5, 5.41) is 6.49. The first-order chi connectivity index (χ1) is 9.60. The number of nitrogens with zero attached hydrogens (tertiary/aromatic N) is 4. The minimum Gasteiger partial charge on any atom is -0.353 e. The average molecular weight is 419 g/mol. The van der Waals surface area contributed by atoms with E-state index in [0.717, 1.165) is 23.2 Å². The first-order valence-electron chi connectivity index (χ1n) is 6.53. The van der Waals surface area contributed by atoms with Crippen LogP contribution in [0.1, 0.15) is 16.4 Å². The minimum absolute atomic E-state index is 0. The molecule has 2 aromatic heterocycles. The lowest BCUT2D eigenvalue weighted by atomic mass is 10.4. The zero-order chi connectivity index (χ0) is 14.5. The van der Waals surface area contributed by atoms with Gasteiger partial charge in [0.25, 0.3) is 0 Å². The van der Waals surface area contributed by atoms with Crippen molar-refractivity contribution in [2.75, 3.05) is 14.1 Å². The third-order valence-corrected chi connectivity index (χ3v) is 4.05. The van der Waals surface area contributed by atoms with Gasteiger partial charge in [-0.3, -0.25) is 4.99 Å². The minimum atomic E-state index is 0. The van der Waals surface area contributed by atoms with E-state index in [2.05, 4.69) is 55.5 Å². The van der Waals surface area contributed by atoms with E-state index in [1.54, 1.807) is 18.4 Å². The molecule has 0 fully saturated rings. The number of nitrogens with one attached hydrogen (secondary N) is 1. The monoisotopic (exact) mass is 419 g/mol. The third kappa shape index (κ3) is 4.99. The van der Waals surface area contributed by atoms with Crippen molar-refractivity contribution in [1.29, 1.82) is 0 Å². The Morgan fingerprint density at radius 3 is 2.81 bits per heavy atom. The van der Waals surface area contributed by atoms with Crippen LogP contribution in [0.4, 0.5) is 0 Å². The first-order valence-corrected chi connectivity index (χ1v) is 7.41. The van der Waals surface area contributed by atoms with Crippen molar-refractivity contribution in [3.8, 4) is 0 Å². The molecule has 2 rings (SSSR count). The van der Waals surface area contributed by atoms with E-state index >= 15 is 0 Å². The molecule has 1 N–H and O–H groups in total. The Morgan fingerprint density at radius 1 is 1.52 bits per heavy atom. The highest BCUT2D eigenvalue weighted by molar-refractivity contribution is 14.0.